The molecular formula is C23H24O6. The lowest BCUT2D eigenvalue weighted by molar-refractivity contribution is -0.137. The highest BCUT2D eigenvalue weighted by molar-refractivity contribution is 5.87. The molecule has 6 nitrogen and oxygen atoms in total. The summed E-state index contributed by atoms with van der Waals surface area (Å²) in [6, 6.07) is 15.3. The molecule has 2 unspecified atom stereocenters. The summed E-state index contributed by atoms with van der Waals surface area (Å²) in [7, 11) is 0. The number of carbonyl (C=O) groups excluding carboxylic acids is 1. The zero-order chi connectivity index (χ0) is 19.9. The van der Waals surface area contributed by atoms with E-state index in [2.05, 4.69) is 0 Å². The van der Waals surface area contributed by atoms with Crippen LogP contribution in [0.25, 0.3) is 6.08 Å². The second kappa shape index (κ2) is 9.58. The predicted molar refractivity (Wildman–Crippen MR) is 107 cm³/mol. The first-order valence-corrected chi connectivity index (χ1v) is 9.77. The molecule has 0 bridgehead atoms. The van der Waals surface area contributed by atoms with E-state index >= 15 is 0 Å². The topological polar surface area (TPSA) is 69.8 Å². The summed E-state index contributed by atoms with van der Waals surface area (Å²) in [6.07, 6.45) is 4.30. The van der Waals surface area contributed by atoms with Gasteiger partial charge in [-0.1, -0.05) is 24.3 Å². The van der Waals surface area contributed by atoms with Gasteiger partial charge in [-0.05, 0) is 41.5 Å². The van der Waals surface area contributed by atoms with Gasteiger partial charge in [0.05, 0.1) is 19.8 Å². The minimum absolute atomic E-state index is 0.234. The standard InChI is InChI=1S/C23H24O6/c24-23(10-5-17-1-6-19(7-2-17)26-13-21-15-28-21)25-12-11-18-3-8-20(9-4-18)27-14-22-16-29-22/h1-10,21-22H,11-16H2/b10-5+. The van der Waals surface area contributed by atoms with E-state index in [-0.39, 0.29) is 18.2 Å². The first-order chi connectivity index (χ1) is 14.2. The molecule has 152 valence electrons. The molecule has 29 heavy (non-hydrogen) atoms. The summed E-state index contributed by atoms with van der Waals surface area (Å²) in [5, 5.41) is 0. The van der Waals surface area contributed by atoms with Crippen molar-refractivity contribution in [3.8, 4) is 11.5 Å². The average molecular weight is 396 g/mol. The highest BCUT2D eigenvalue weighted by atomic mass is 16.6. The van der Waals surface area contributed by atoms with Gasteiger partial charge in [0.15, 0.2) is 0 Å². The van der Waals surface area contributed by atoms with Crippen molar-refractivity contribution < 1.29 is 28.5 Å². The molecule has 2 aromatic rings. The molecule has 0 radical (unpaired) electrons. The van der Waals surface area contributed by atoms with Crippen LogP contribution in [-0.2, 0) is 25.4 Å². The van der Waals surface area contributed by atoms with E-state index < -0.39 is 0 Å². The molecule has 2 heterocycles. The molecule has 2 aliphatic rings. The molecule has 0 saturated carbocycles. The van der Waals surface area contributed by atoms with Gasteiger partial charge in [-0.2, -0.15) is 0 Å². The van der Waals surface area contributed by atoms with E-state index in [0.717, 1.165) is 35.8 Å². The largest absolute Gasteiger partial charge is 0.491 e. The summed E-state index contributed by atoms with van der Waals surface area (Å²) in [5.41, 5.74) is 1.99. The molecule has 2 atom stereocenters. The number of ether oxygens (including phenoxy) is 5. The highest BCUT2D eigenvalue weighted by Gasteiger charge is 2.23. The van der Waals surface area contributed by atoms with Crippen LogP contribution in [0.2, 0.25) is 0 Å². The Morgan fingerprint density at radius 3 is 2.00 bits per heavy atom. The number of esters is 1. The van der Waals surface area contributed by atoms with E-state index in [1.807, 2.05) is 48.5 Å². The molecule has 2 aliphatic heterocycles. The lowest BCUT2D eigenvalue weighted by atomic mass is 10.1. The van der Waals surface area contributed by atoms with Crippen molar-refractivity contribution in [1.82, 2.24) is 0 Å². The van der Waals surface area contributed by atoms with Gasteiger partial charge in [-0.25, -0.2) is 4.79 Å². The third kappa shape index (κ3) is 6.93. The van der Waals surface area contributed by atoms with Gasteiger partial charge in [0, 0.05) is 12.5 Å². The van der Waals surface area contributed by atoms with Crippen LogP contribution in [0.1, 0.15) is 11.1 Å². The summed E-state index contributed by atoms with van der Waals surface area (Å²) < 4.78 is 26.7. The van der Waals surface area contributed by atoms with Gasteiger partial charge < -0.3 is 23.7 Å². The first-order valence-electron chi connectivity index (χ1n) is 9.77. The average Bonchev–Trinajstić information content (AvgIpc) is 3.66. The quantitative estimate of drug-likeness (QED) is 0.330. The van der Waals surface area contributed by atoms with Crippen LogP contribution in [0.15, 0.2) is 54.6 Å². The highest BCUT2D eigenvalue weighted by Crippen LogP contribution is 2.17. The third-order valence-corrected chi connectivity index (χ3v) is 4.53. The van der Waals surface area contributed by atoms with E-state index in [4.69, 9.17) is 23.7 Å². The molecule has 0 N–H and O–H groups in total. The van der Waals surface area contributed by atoms with Crippen molar-refractivity contribution in [2.75, 3.05) is 33.0 Å². The maximum absolute atomic E-state index is 11.9. The van der Waals surface area contributed by atoms with Crippen molar-refractivity contribution in [2.24, 2.45) is 0 Å². The maximum atomic E-state index is 11.9. The van der Waals surface area contributed by atoms with Gasteiger partial charge >= 0.3 is 5.97 Å². The van der Waals surface area contributed by atoms with Gasteiger partial charge in [-0.3, -0.25) is 0 Å². The zero-order valence-electron chi connectivity index (χ0n) is 16.1. The molecule has 0 aromatic heterocycles. The Bertz CT molecular complexity index is 819. The van der Waals surface area contributed by atoms with Gasteiger partial charge in [0.2, 0.25) is 0 Å². The summed E-state index contributed by atoms with van der Waals surface area (Å²) in [5.74, 6) is 1.25. The number of rotatable bonds is 11. The normalized spacial score (nSPS) is 19.7. The lowest BCUT2D eigenvalue weighted by Crippen LogP contribution is -2.05. The first kappa shape index (κ1) is 19.5. The van der Waals surface area contributed by atoms with E-state index in [9.17, 15) is 4.79 Å². The molecule has 2 fully saturated rings. The number of benzene rings is 2. The Labute approximate surface area is 170 Å². The number of hydrogen-bond acceptors (Lipinski definition) is 6. The lowest BCUT2D eigenvalue weighted by Gasteiger charge is -2.06. The Kier molecular flexibility index (Phi) is 6.44. The smallest absolute Gasteiger partial charge is 0.330 e. The molecular weight excluding hydrogens is 372 g/mol. The Balaban J connectivity index is 1.14. The van der Waals surface area contributed by atoms with Crippen LogP contribution >= 0.6 is 0 Å². The fraction of sp³-hybridized carbons (Fsp3) is 0.348. The van der Waals surface area contributed by atoms with Crippen LogP contribution in [0.3, 0.4) is 0 Å². The number of hydrogen-bond donors (Lipinski definition) is 0. The fourth-order valence-corrected chi connectivity index (χ4v) is 2.62. The van der Waals surface area contributed by atoms with Crippen molar-refractivity contribution in [3.05, 3.63) is 65.7 Å². The molecule has 2 aromatic carbocycles. The second-order valence-corrected chi connectivity index (χ2v) is 7.00. The van der Waals surface area contributed by atoms with Gasteiger partial charge in [0.1, 0.15) is 36.9 Å². The zero-order valence-corrected chi connectivity index (χ0v) is 16.1. The molecule has 2 saturated heterocycles. The summed E-state index contributed by atoms with van der Waals surface area (Å²) in [6.45, 7) is 3.06. The summed E-state index contributed by atoms with van der Waals surface area (Å²) in [4.78, 5) is 11.9. The molecule has 4 rings (SSSR count). The van der Waals surface area contributed by atoms with Crippen LogP contribution in [0.4, 0.5) is 0 Å². The van der Waals surface area contributed by atoms with Crippen molar-refractivity contribution in [1.29, 1.82) is 0 Å². The van der Waals surface area contributed by atoms with Gasteiger partial charge in [0.25, 0.3) is 0 Å². The minimum Gasteiger partial charge on any atom is -0.491 e. The summed E-state index contributed by atoms with van der Waals surface area (Å²) >= 11 is 0. The fourth-order valence-electron chi connectivity index (χ4n) is 2.62. The monoisotopic (exact) mass is 396 g/mol. The van der Waals surface area contributed by atoms with E-state index in [0.29, 0.717) is 26.2 Å². The number of epoxide rings is 2. The van der Waals surface area contributed by atoms with Crippen molar-refractivity contribution >= 4 is 12.0 Å². The predicted octanol–water partition coefficient (Wildman–Crippen LogP) is 3.04. The van der Waals surface area contributed by atoms with E-state index in [1.54, 1.807) is 6.08 Å². The van der Waals surface area contributed by atoms with E-state index in [1.165, 1.54) is 6.08 Å². The molecule has 0 spiro atoms. The Morgan fingerprint density at radius 1 is 0.897 bits per heavy atom. The molecule has 6 heteroatoms. The van der Waals surface area contributed by atoms with Crippen molar-refractivity contribution in [2.45, 2.75) is 18.6 Å². The third-order valence-electron chi connectivity index (χ3n) is 4.53. The van der Waals surface area contributed by atoms with Crippen LogP contribution in [0, 0.1) is 0 Å². The number of carbonyl (C=O) groups is 1. The molecule has 0 amide bonds. The minimum atomic E-state index is -0.361. The maximum Gasteiger partial charge on any atom is 0.330 e. The molecule has 0 aliphatic carbocycles. The van der Waals surface area contributed by atoms with Crippen LogP contribution in [0.5, 0.6) is 11.5 Å². The second-order valence-electron chi connectivity index (χ2n) is 7.00. The SMILES string of the molecule is O=C(/C=C/c1ccc(OCC2CO2)cc1)OCCc1ccc(OCC2CO2)cc1. The van der Waals surface area contributed by atoms with Crippen molar-refractivity contribution in [3.63, 3.8) is 0 Å². The van der Waals surface area contributed by atoms with Crippen LogP contribution in [-0.4, -0.2) is 51.2 Å². The Morgan fingerprint density at radius 2 is 1.45 bits per heavy atom. The van der Waals surface area contributed by atoms with Gasteiger partial charge in [-0.15, -0.1) is 0 Å². The van der Waals surface area contributed by atoms with Crippen LogP contribution < -0.4 is 9.47 Å². The Hall–Kier alpha value is -2.83.